The minimum Gasteiger partial charge on any atom is -0.322 e. The Morgan fingerprint density at radius 1 is 0.800 bits per heavy atom. The number of benzene rings is 3. The van der Waals surface area contributed by atoms with Crippen molar-refractivity contribution in [1.82, 2.24) is 4.98 Å². The van der Waals surface area contributed by atoms with Gasteiger partial charge in [-0.2, -0.15) is 0 Å². The van der Waals surface area contributed by atoms with Crippen LogP contribution in [0.1, 0.15) is 20.7 Å². The van der Waals surface area contributed by atoms with Crippen LogP contribution in [0.5, 0.6) is 0 Å². The summed E-state index contributed by atoms with van der Waals surface area (Å²) in [5.74, 6) is -0.824. The smallest absolute Gasteiger partial charge is 0.261 e. The average molecular weight is 462 g/mol. The highest BCUT2D eigenvalue weighted by molar-refractivity contribution is 9.10. The van der Waals surface area contributed by atoms with Gasteiger partial charge in [-0.1, -0.05) is 40.2 Å². The van der Waals surface area contributed by atoms with Crippen molar-refractivity contribution in [2.24, 2.45) is 0 Å². The second-order valence-electron chi connectivity index (χ2n) is 6.56. The number of fused-ring (bicyclic) bond motifs is 1. The Labute approximate surface area is 180 Å². The molecule has 0 bridgehead atoms. The van der Waals surface area contributed by atoms with Crippen LogP contribution in [0.25, 0.3) is 10.9 Å². The van der Waals surface area contributed by atoms with Crippen molar-refractivity contribution in [3.8, 4) is 0 Å². The molecular weight excluding hydrogens is 446 g/mol. The van der Waals surface area contributed by atoms with E-state index in [9.17, 15) is 14.4 Å². The van der Waals surface area contributed by atoms with E-state index in [1.54, 1.807) is 66.7 Å². The fourth-order valence-corrected chi connectivity index (χ4v) is 3.29. The van der Waals surface area contributed by atoms with Gasteiger partial charge in [-0.15, -0.1) is 0 Å². The number of rotatable bonds is 4. The van der Waals surface area contributed by atoms with Crippen molar-refractivity contribution in [2.45, 2.75) is 0 Å². The van der Waals surface area contributed by atoms with Gasteiger partial charge in [0.05, 0.1) is 11.2 Å². The molecule has 2 amide bonds. The molecule has 0 spiro atoms. The lowest BCUT2D eigenvalue weighted by Gasteiger charge is -2.11. The third-order valence-electron chi connectivity index (χ3n) is 4.52. The SMILES string of the molecule is O=C(Nc1cccc2[nH]c(=O)c(C(=O)Nc3ccccc3)cc12)c1ccc(Br)cc1. The van der Waals surface area contributed by atoms with Gasteiger partial charge >= 0.3 is 0 Å². The molecule has 0 fully saturated rings. The number of anilines is 2. The third-order valence-corrected chi connectivity index (χ3v) is 5.05. The first-order chi connectivity index (χ1) is 14.5. The van der Waals surface area contributed by atoms with Gasteiger partial charge in [-0.05, 0) is 54.6 Å². The molecule has 0 saturated carbocycles. The second-order valence-corrected chi connectivity index (χ2v) is 7.48. The van der Waals surface area contributed by atoms with E-state index in [2.05, 4.69) is 31.5 Å². The van der Waals surface area contributed by atoms with Crippen LogP contribution in [0, 0.1) is 0 Å². The molecule has 4 rings (SSSR count). The van der Waals surface area contributed by atoms with Crippen molar-refractivity contribution in [3.63, 3.8) is 0 Å². The maximum Gasteiger partial charge on any atom is 0.261 e. The molecule has 0 saturated heterocycles. The van der Waals surface area contributed by atoms with E-state index in [-0.39, 0.29) is 11.5 Å². The predicted molar refractivity (Wildman–Crippen MR) is 121 cm³/mol. The van der Waals surface area contributed by atoms with Gasteiger partial charge in [-0.3, -0.25) is 14.4 Å². The molecule has 0 atom stereocenters. The molecule has 0 unspecified atom stereocenters. The Balaban J connectivity index is 1.68. The van der Waals surface area contributed by atoms with Crippen LogP contribution in [0.4, 0.5) is 11.4 Å². The number of hydrogen-bond acceptors (Lipinski definition) is 3. The number of carbonyl (C=O) groups is 2. The molecule has 148 valence electrons. The van der Waals surface area contributed by atoms with E-state index >= 15 is 0 Å². The predicted octanol–water partition coefficient (Wildman–Crippen LogP) is 4.80. The van der Waals surface area contributed by atoms with Crippen LogP contribution in [0.2, 0.25) is 0 Å². The second kappa shape index (κ2) is 8.34. The lowest BCUT2D eigenvalue weighted by Crippen LogP contribution is -2.23. The maximum atomic E-state index is 12.6. The van der Waals surface area contributed by atoms with Crippen LogP contribution < -0.4 is 16.2 Å². The topological polar surface area (TPSA) is 91.1 Å². The summed E-state index contributed by atoms with van der Waals surface area (Å²) in [5, 5.41) is 6.11. The van der Waals surface area contributed by atoms with Crippen LogP contribution in [-0.4, -0.2) is 16.8 Å². The summed E-state index contributed by atoms with van der Waals surface area (Å²) < 4.78 is 0.871. The van der Waals surface area contributed by atoms with Crippen LogP contribution in [0.15, 0.2) is 88.1 Å². The highest BCUT2D eigenvalue weighted by Crippen LogP contribution is 2.23. The number of H-pyrrole nitrogens is 1. The summed E-state index contributed by atoms with van der Waals surface area (Å²) in [5.41, 5.74) is 1.53. The van der Waals surface area contributed by atoms with Crippen LogP contribution in [0.3, 0.4) is 0 Å². The maximum absolute atomic E-state index is 12.6. The number of amides is 2. The Hall–Kier alpha value is -3.71. The minimum atomic E-state index is -0.529. The Morgan fingerprint density at radius 3 is 2.27 bits per heavy atom. The minimum absolute atomic E-state index is 0.0447. The molecule has 3 aromatic carbocycles. The molecular formula is C23H16BrN3O3. The van der Waals surface area contributed by atoms with Gasteiger partial charge in [0.15, 0.2) is 0 Å². The number of aromatic nitrogens is 1. The molecule has 7 heteroatoms. The van der Waals surface area contributed by atoms with Crippen LogP contribution >= 0.6 is 15.9 Å². The lowest BCUT2D eigenvalue weighted by atomic mass is 10.1. The van der Waals surface area contributed by atoms with Gasteiger partial charge in [0.1, 0.15) is 5.56 Å². The number of pyridine rings is 1. The number of halogens is 1. The summed E-state index contributed by atoms with van der Waals surface area (Å²) in [7, 11) is 0. The Morgan fingerprint density at radius 2 is 1.53 bits per heavy atom. The number of carbonyl (C=O) groups excluding carboxylic acids is 2. The number of aromatic amines is 1. The molecule has 0 aliphatic carbocycles. The number of nitrogens with one attached hydrogen (secondary N) is 3. The molecule has 0 aliphatic heterocycles. The molecule has 30 heavy (non-hydrogen) atoms. The van der Waals surface area contributed by atoms with Crippen molar-refractivity contribution >= 4 is 50.0 Å². The van der Waals surface area contributed by atoms with Gasteiger partial charge in [0.25, 0.3) is 17.4 Å². The lowest BCUT2D eigenvalue weighted by molar-refractivity contribution is 0.101. The van der Waals surface area contributed by atoms with E-state index in [0.717, 1.165) is 4.47 Å². The molecule has 1 heterocycles. The van der Waals surface area contributed by atoms with Gasteiger partial charge in [0, 0.05) is 21.1 Å². The van der Waals surface area contributed by atoms with Gasteiger partial charge in [-0.25, -0.2) is 0 Å². The van der Waals surface area contributed by atoms with E-state index in [1.807, 2.05) is 6.07 Å². The molecule has 0 aliphatic rings. The molecule has 1 aromatic heterocycles. The summed E-state index contributed by atoms with van der Waals surface area (Å²) in [6.07, 6.45) is 0. The number of para-hydroxylation sites is 1. The summed E-state index contributed by atoms with van der Waals surface area (Å²) >= 11 is 3.34. The highest BCUT2D eigenvalue weighted by Gasteiger charge is 2.15. The molecule has 0 radical (unpaired) electrons. The summed E-state index contributed by atoms with van der Waals surface area (Å²) in [6, 6.07) is 22.5. The van der Waals surface area contributed by atoms with E-state index < -0.39 is 11.5 Å². The average Bonchev–Trinajstić information content (AvgIpc) is 2.74. The van der Waals surface area contributed by atoms with E-state index in [4.69, 9.17) is 0 Å². The normalized spacial score (nSPS) is 10.6. The van der Waals surface area contributed by atoms with Crippen molar-refractivity contribution < 1.29 is 9.59 Å². The quantitative estimate of drug-likeness (QED) is 0.407. The number of hydrogen-bond donors (Lipinski definition) is 3. The van der Waals surface area contributed by atoms with Crippen molar-refractivity contribution in [1.29, 1.82) is 0 Å². The molecule has 3 N–H and O–H groups in total. The first-order valence-electron chi connectivity index (χ1n) is 9.10. The largest absolute Gasteiger partial charge is 0.322 e. The first kappa shape index (κ1) is 19.6. The fourth-order valence-electron chi connectivity index (χ4n) is 3.02. The first-order valence-corrected chi connectivity index (χ1v) is 9.90. The zero-order chi connectivity index (χ0) is 21.1. The summed E-state index contributed by atoms with van der Waals surface area (Å²) in [4.78, 5) is 40.4. The Kier molecular flexibility index (Phi) is 5.45. The zero-order valence-electron chi connectivity index (χ0n) is 15.6. The van der Waals surface area contributed by atoms with E-state index in [1.165, 1.54) is 6.07 Å². The molecule has 6 nitrogen and oxygen atoms in total. The third kappa shape index (κ3) is 4.16. The fraction of sp³-hybridized carbons (Fsp3) is 0. The summed E-state index contributed by atoms with van der Waals surface area (Å²) in [6.45, 7) is 0. The van der Waals surface area contributed by atoms with E-state index in [0.29, 0.717) is 27.8 Å². The zero-order valence-corrected chi connectivity index (χ0v) is 17.2. The van der Waals surface area contributed by atoms with Crippen molar-refractivity contribution in [2.75, 3.05) is 10.6 Å². The van der Waals surface area contributed by atoms with Gasteiger partial charge in [0.2, 0.25) is 0 Å². The monoisotopic (exact) mass is 461 g/mol. The standard InChI is InChI=1S/C23H16BrN3O3/c24-15-11-9-14(10-12-15)21(28)26-19-7-4-8-20-17(19)13-18(23(30)27-20)22(29)25-16-5-2-1-3-6-16/h1-13H,(H,25,29)(H,26,28)(H,27,30). The Bertz CT molecular complexity index is 1300. The van der Waals surface area contributed by atoms with Crippen LogP contribution in [-0.2, 0) is 0 Å². The van der Waals surface area contributed by atoms with Crippen molar-refractivity contribution in [3.05, 3.63) is 105 Å². The molecule has 4 aromatic rings. The highest BCUT2D eigenvalue weighted by atomic mass is 79.9. The van der Waals surface area contributed by atoms with Gasteiger partial charge < -0.3 is 15.6 Å².